The van der Waals surface area contributed by atoms with Gasteiger partial charge in [-0.1, -0.05) is 87.5 Å². The molecule has 0 saturated heterocycles. The van der Waals surface area contributed by atoms with E-state index < -0.39 is 179 Å². The van der Waals surface area contributed by atoms with E-state index >= 15 is 35.1 Å². The van der Waals surface area contributed by atoms with Crippen LogP contribution in [0.15, 0.2) is 139 Å². The Morgan fingerprint density at radius 1 is 0.362 bits per heavy atom. The third-order valence-electron chi connectivity index (χ3n) is 14.2. The predicted octanol–water partition coefficient (Wildman–Crippen LogP) is 13.9. The highest BCUT2D eigenvalue weighted by Crippen LogP contribution is 2.33. The monoisotopic (exact) mass is 1450 g/mol. The number of rotatable bonds is 9. The molecular formula is C67H40B2F24I. The van der Waals surface area contributed by atoms with Gasteiger partial charge in [0.05, 0.1) is 5.57 Å². The molecule has 27 heteroatoms. The Morgan fingerprint density at radius 3 is 0.926 bits per heavy atom. The normalized spacial score (nSPS) is 11.7. The van der Waals surface area contributed by atoms with Crippen LogP contribution < -0.4 is 48.5 Å². The molecule has 1 aliphatic rings. The first-order chi connectivity index (χ1) is 43.8. The molecular weight excluding hydrogens is 1410 g/mol. The Bertz CT molecular complexity index is 3880. The van der Waals surface area contributed by atoms with Gasteiger partial charge in [-0.25, -0.2) is 111 Å². The van der Waals surface area contributed by atoms with Crippen LogP contribution in [0.5, 0.6) is 0 Å². The smallest absolute Gasteiger partial charge is 0.357 e. The molecule has 0 nitrogen and oxygen atoms in total. The summed E-state index contributed by atoms with van der Waals surface area (Å²) in [4.78, 5) is 0. The van der Waals surface area contributed by atoms with Crippen molar-refractivity contribution in [1.82, 2.24) is 0 Å². The maximum absolute atomic E-state index is 15.4. The van der Waals surface area contributed by atoms with E-state index in [1.165, 1.54) is 40.5 Å². The average molecular weight is 1450 g/mol. The average Bonchev–Trinajstić information content (AvgIpc) is 0.682. The second-order valence-corrected chi connectivity index (χ2v) is 23.2. The second-order valence-electron chi connectivity index (χ2n) is 20.2. The number of hydrogen-bond acceptors (Lipinski definition) is 0. The summed E-state index contributed by atoms with van der Waals surface area (Å²) in [7, 11) is 4.72. The molecule has 0 bridgehead atoms. The molecule has 0 heterocycles. The third-order valence-corrected chi connectivity index (χ3v) is 16.9. The number of aryl methyl sites for hydroxylation is 1. The van der Waals surface area contributed by atoms with Gasteiger partial charge in [0.15, 0.2) is 88.6 Å². The standard InChI is InChI=1S/C24BF20.C19H15.C16H18I.C7H3BF4.CH4/c26-5-1(6(27)14(35)21(42)13(5)34)25(2-7(28)15(36)22(43)16(37)8(2)29,3-9(30)17(38)23(44)18(39)10(3)31)4-11(32)19(40)24(45)20(41)12(4)33;1-4-10-16(11-5-1)19(17-12-6-2-7-13-17)18-14-8-3-9-15-18;1-12(2)14-6-10-16(11-7-14)17-15-8-4-13(3)5-9-15;1-2-4(9)6(11)3(8)7(12)5(2)10;/h;1-15H;4-12H,1-3H3;1H3;1H4/q-1;2*+1;-1;. The summed E-state index contributed by atoms with van der Waals surface area (Å²) in [6, 6.07) is 39.2. The lowest BCUT2D eigenvalue weighted by molar-refractivity contribution is -0.597. The highest BCUT2D eigenvalue weighted by atomic mass is 127. The Balaban J connectivity index is 0.000000232. The van der Waals surface area contributed by atoms with Crippen molar-refractivity contribution in [2.45, 2.75) is 41.0 Å². The van der Waals surface area contributed by atoms with Gasteiger partial charge in [0.1, 0.15) is 69.9 Å². The lowest BCUT2D eigenvalue weighted by Crippen LogP contribution is -3.61. The van der Waals surface area contributed by atoms with Gasteiger partial charge in [-0.2, -0.15) is 0 Å². The Kier molecular flexibility index (Phi) is 24.1. The number of benzene rings is 9. The van der Waals surface area contributed by atoms with Crippen molar-refractivity contribution in [2.75, 3.05) is 0 Å². The number of allylic oxidation sites excluding steroid dienone is 5. The van der Waals surface area contributed by atoms with Gasteiger partial charge in [0.25, 0.3) is 0 Å². The highest BCUT2D eigenvalue weighted by molar-refractivity contribution is 7.20. The molecule has 0 unspecified atom stereocenters. The van der Waals surface area contributed by atoms with Gasteiger partial charge in [0.2, 0.25) is 0 Å². The molecule has 0 aliphatic heterocycles. The predicted molar refractivity (Wildman–Crippen MR) is 303 cm³/mol. The third kappa shape index (κ3) is 14.2. The summed E-state index contributed by atoms with van der Waals surface area (Å²) < 4.78 is 347. The van der Waals surface area contributed by atoms with Crippen LogP contribution in [0.4, 0.5) is 105 Å². The fourth-order valence-electron chi connectivity index (χ4n) is 9.58. The van der Waals surface area contributed by atoms with Crippen LogP contribution in [0, 0.1) is 167 Å². The van der Waals surface area contributed by atoms with Crippen molar-refractivity contribution in [3.8, 4) is 0 Å². The Hall–Kier alpha value is -8.75. The fraction of sp³-hybridized carbons (Fsp3) is 0.0896. The van der Waals surface area contributed by atoms with Crippen LogP contribution >= 0.6 is 0 Å². The molecule has 10 rings (SSSR count). The van der Waals surface area contributed by atoms with Crippen LogP contribution in [0.1, 0.15) is 55.0 Å². The first-order valence-corrected chi connectivity index (χ1v) is 28.6. The second kappa shape index (κ2) is 30.5. The van der Waals surface area contributed by atoms with E-state index in [-0.39, 0.29) is 28.6 Å². The van der Waals surface area contributed by atoms with E-state index in [2.05, 4.69) is 161 Å². The molecule has 0 N–H and O–H groups in total. The lowest BCUT2D eigenvalue weighted by atomic mass is 9.12. The molecule has 0 aromatic heterocycles. The first-order valence-electron chi connectivity index (χ1n) is 26.4. The summed E-state index contributed by atoms with van der Waals surface area (Å²) in [6.07, 6.45) is 3.33. The maximum atomic E-state index is 15.4. The number of halogens is 25. The molecule has 0 atom stereocenters. The van der Waals surface area contributed by atoms with Gasteiger partial charge in [0, 0.05) is 47.4 Å². The van der Waals surface area contributed by atoms with E-state index in [0.717, 1.165) is 6.92 Å². The zero-order valence-corrected chi connectivity index (χ0v) is 49.6. The zero-order valence-electron chi connectivity index (χ0n) is 47.5. The minimum Gasteiger partial charge on any atom is -0.572 e. The van der Waals surface area contributed by atoms with Crippen molar-refractivity contribution < 1.29 is 127 Å². The first kappa shape index (κ1) is 74.3. The molecule has 0 amide bonds. The van der Waals surface area contributed by atoms with Gasteiger partial charge >= 0.3 is 21.2 Å². The molecule has 1 aliphatic carbocycles. The molecule has 0 saturated carbocycles. The van der Waals surface area contributed by atoms with E-state index in [4.69, 9.17) is 7.85 Å². The minimum absolute atomic E-state index is 0. The van der Waals surface area contributed by atoms with Crippen LogP contribution in [0.25, 0.3) is 5.57 Å². The van der Waals surface area contributed by atoms with Crippen molar-refractivity contribution in [3.63, 3.8) is 0 Å². The molecule has 489 valence electrons. The summed E-state index contributed by atoms with van der Waals surface area (Å²) >= 11 is -0.0167. The summed E-state index contributed by atoms with van der Waals surface area (Å²) in [6.45, 7) is 7.55. The molecule has 0 fully saturated rings. The van der Waals surface area contributed by atoms with Gasteiger partial charge < -0.3 is 7.85 Å². The summed E-state index contributed by atoms with van der Waals surface area (Å²) in [5.41, 5.74) is -8.37. The van der Waals surface area contributed by atoms with E-state index in [1.807, 2.05) is 0 Å². The molecule has 0 spiro atoms. The SMILES string of the molecule is C.C1=C[CH+]C(=C(c2ccccc2)c2ccccc2)C=C1.Cc1ccc([I+]c2ccc(C(C)C)cc2)cc1.Fc1c(F)c(F)c([B-](c2c(F)c(F)c(F)c(F)c2F)(c2c(F)c(F)c(F)c(F)c2F)c2c(F)c(F)c(F)c(F)c2F)c(F)c1F.[B-]c1c(F)c(F)c(C)c(F)c1F. The quantitative estimate of drug-likeness (QED) is 0.0337. The zero-order chi connectivity index (χ0) is 69.0. The van der Waals surface area contributed by atoms with E-state index in [1.54, 1.807) is 0 Å². The molecule has 9 aromatic rings. The maximum Gasteiger partial charge on any atom is 0.357 e. The van der Waals surface area contributed by atoms with Crippen LogP contribution in [0.3, 0.4) is 0 Å². The summed E-state index contributed by atoms with van der Waals surface area (Å²) in [5.74, 6) is -76.8. The lowest BCUT2D eigenvalue weighted by Gasteiger charge is -2.44. The van der Waals surface area contributed by atoms with Gasteiger partial charge in [-0.05, 0) is 73.9 Å². The van der Waals surface area contributed by atoms with Crippen LogP contribution in [-0.2, 0) is 0 Å². The summed E-state index contributed by atoms with van der Waals surface area (Å²) in [5, 5.41) is 0. The topological polar surface area (TPSA) is 0 Å². The fourth-order valence-corrected chi connectivity index (χ4v) is 11.7. The highest BCUT2D eigenvalue weighted by Gasteiger charge is 2.52. The van der Waals surface area contributed by atoms with E-state index in [9.17, 15) is 70.2 Å². The van der Waals surface area contributed by atoms with Crippen molar-refractivity contribution in [3.05, 3.63) is 320 Å². The molecule has 94 heavy (non-hydrogen) atoms. The Labute approximate surface area is 532 Å². The van der Waals surface area contributed by atoms with Crippen molar-refractivity contribution in [2.24, 2.45) is 0 Å². The molecule has 9 aromatic carbocycles. The van der Waals surface area contributed by atoms with Gasteiger partial charge in [-0.3, -0.25) is 0 Å². The van der Waals surface area contributed by atoms with E-state index in [0.29, 0.717) is 5.92 Å². The molecule has 3 radical (unpaired) electrons. The number of hydrogen-bond donors (Lipinski definition) is 0. The van der Waals surface area contributed by atoms with Gasteiger partial charge in [-0.15, -0.1) is 21.9 Å². The minimum atomic E-state index is -7.22. The largest absolute Gasteiger partial charge is 0.572 e. The van der Waals surface area contributed by atoms with Crippen LogP contribution in [-0.4, -0.2) is 14.0 Å². The Morgan fingerprint density at radius 2 is 0.649 bits per heavy atom. The van der Waals surface area contributed by atoms with Crippen molar-refractivity contribution >= 4 is 46.9 Å². The van der Waals surface area contributed by atoms with Crippen molar-refractivity contribution in [1.29, 1.82) is 0 Å². The van der Waals surface area contributed by atoms with Crippen LogP contribution in [0.2, 0.25) is 0 Å².